The average Bonchev–Trinajstić information content (AvgIpc) is 3.23. The van der Waals surface area contributed by atoms with E-state index >= 15 is 0 Å². The molecule has 0 bridgehead atoms. The first-order chi connectivity index (χ1) is 12.0. The van der Waals surface area contributed by atoms with Crippen LogP contribution in [0.4, 0.5) is 10.6 Å². The van der Waals surface area contributed by atoms with Crippen molar-refractivity contribution in [2.45, 2.75) is 45.6 Å². The summed E-state index contributed by atoms with van der Waals surface area (Å²) in [7, 11) is 0. The van der Waals surface area contributed by atoms with Crippen molar-refractivity contribution >= 4 is 11.8 Å². The van der Waals surface area contributed by atoms with Crippen LogP contribution >= 0.6 is 0 Å². The van der Waals surface area contributed by atoms with E-state index in [1.165, 1.54) is 0 Å². The maximum absolute atomic E-state index is 12.4. The quantitative estimate of drug-likeness (QED) is 0.852. The van der Waals surface area contributed by atoms with Crippen molar-refractivity contribution in [1.82, 2.24) is 20.6 Å². The second-order valence-corrected chi connectivity index (χ2v) is 6.49. The van der Waals surface area contributed by atoms with Crippen LogP contribution in [-0.4, -0.2) is 34.5 Å². The fourth-order valence-corrected chi connectivity index (χ4v) is 2.76. The number of carbonyl (C=O) groups is 1. The molecule has 0 radical (unpaired) electrons. The van der Waals surface area contributed by atoms with Crippen LogP contribution in [0.5, 0.6) is 0 Å². The van der Waals surface area contributed by atoms with Crippen LogP contribution in [0.1, 0.15) is 56.1 Å². The molecule has 25 heavy (non-hydrogen) atoms. The van der Waals surface area contributed by atoms with Crippen LogP contribution in [0.2, 0.25) is 0 Å². The topological polar surface area (TPSA) is 115 Å². The molecule has 2 amide bonds. The summed E-state index contributed by atoms with van der Waals surface area (Å²) in [5.41, 5.74) is 0. The summed E-state index contributed by atoms with van der Waals surface area (Å²) < 4.78 is 15.8. The van der Waals surface area contributed by atoms with Crippen molar-refractivity contribution < 1.29 is 18.6 Å². The molecule has 136 valence electrons. The van der Waals surface area contributed by atoms with Crippen molar-refractivity contribution in [2.24, 2.45) is 5.92 Å². The SMILES string of the molecule is Cc1cc(NC(=O)NC(c2nc(C(C)C)no2)C2CCOCC2)no1. The second kappa shape index (κ2) is 7.64. The minimum atomic E-state index is -0.394. The van der Waals surface area contributed by atoms with Crippen molar-refractivity contribution in [3.05, 3.63) is 23.5 Å². The molecular weight excluding hydrogens is 326 g/mol. The highest BCUT2D eigenvalue weighted by Gasteiger charge is 2.31. The van der Waals surface area contributed by atoms with E-state index in [1.807, 2.05) is 13.8 Å². The molecule has 0 aromatic carbocycles. The van der Waals surface area contributed by atoms with Gasteiger partial charge in [-0.25, -0.2) is 4.79 Å². The van der Waals surface area contributed by atoms with Gasteiger partial charge in [0.15, 0.2) is 11.6 Å². The Labute approximate surface area is 145 Å². The standard InChI is InChI=1S/C16H23N5O4/c1-9(2)14-19-15(25-21-14)13(11-4-6-23-7-5-11)18-16(22)17-12-8-10(3)24-20-12/h8-9,11,13H,4-7H2,1-3H3,(H2,17,18,20,22). The molecule has 3 rings (SSSR count). The number of carbonyl (C=O) groups excluding carboxylic acids is 1. The van der Waals surface area contributed by atoms with Crippen LogP contribution in [0.15, 0.2) is 15.1 Å². The summed E-state index contributed by atoms with van der Waals surface area (Å²) in [6.45, 7) is 7.04. The summed E-state index contributed by atoms with van der Waals surface area (Å²) in [5.74, 6) is 2.34. The van der Waals surface area contributed by atoms with Crippen molar-refractivity contribution in [1.29, 1.82) is 0 Å². The Hall–Kier alpha value is -2.42. The summed E-state index contributed by atoms with van der Waals surface area (Å²) in [5, 5.41) is 13.4. The summed E-state index contributed by atoms with van der Waals surface area (Å²) >= 11 is 0. The van der Waals surface area contributed by atoms with Crippen LogP contribution < -0.4 is 10.6 Å². The number of aryl methyl sites for hydroxylation is 1. The van der Waals surface area contributed by atoms with Crippen LogP contribution in [-0.2, 0) is 4.74 Å². The fourth-order valence-electron chi connectivity index (χ4n) is 2.76. The lowest BCUT2D eigenvalue weighted by molar-refractivity contribution is 0.0506. The molecule has 0 spiro atoms. The number of hydrogen-bond acceptors (Lipinski definition) is 7. The number of amides is 2. The first-order valence-corrected chi connectivity index (χ1v) is 8.45. The summed E-state index contributed by atoms with van der Waals surface area (Å²) in [6.07, 6.45) is 1.63. The third kappa shape index (κ3) is 4.36. The molecule has 9 nitrogen and oxygen atoms in total. The van der Waals surface area contributed by atoms with Crippen molar-refractivity contribution in [2.75, 3.05) is 18.5 Å². The van der Waals surface area contributed by atoms with Gasteiger partial charge in [0.05, 0.1) is 0 Å². The number of nitrogens with zero attached hydrogens (tertiary/aromatic N) is 3. The number of nitrogens with one attached hydrogen (secondary N) is 2. The minimum absolute atomic E-state index is 0.153. The molecule has 1 fully saturated rings. The van der Waals surface area contributed by atoms with Gasteiger partial charge >= 0.3 is 6.03 Å². The molecule has 3 heterocycles. The van der Waals surface area contributed by atoms with Gasteiger partial charge in [-0.3, -0.25) is 5.32 Å². The zero-order valence-corrected chi connectivity index (χ0v) is 14.6. The minimum Gasteiger partial charge on any atom is -0.381 e. The van der Waals surface area contributed by atoms with Crippen LogP contribution in [0.3, 0.4) is 0 Å². The highest BCUT2D eigenvalue weighted by Crippen LogP contribution is 2.30. The number of anilines is 1. The Kier molecular flexibility index (Phi) is 5.32. The van der Waals surface area contributed by atoms with E-state index in [1.54, 1.807) is 13.0 Å². The molecule has 2 aromatic heterocycles. The Morgan fingerprint density at radius 1 is 1.24 bits per heavy atom. The molecule has 1 aliphatic rings. The molecule has 1 saturated heterocycles. The van der Waals surface area contributed by atoms with E-state index in [0.717, 1.165) is 12.8 Å². The van der Waals surface area contributed by atoms with Gasteiger partial charge in [-0.05, 0) is 25.7 Å². The molecular formula is C16H23N5O4. The summed E-state index contributed by atoms with van der Waals surface area (Å²) in [6, 6.07) is 0.873. The van der Waals surface area contributed by atoms with Gasteiger partial charge in [0.2, 0.25) is 5.89 Å². The normalized spacial score (nSPS) is 16.8. The van der Waals surface area contributed by atoms with E-state index < -0.39 is 6.03 Å². The Balaban J connectivity index is 1.74. The van der Waals surface area contributed by atoms with E-state index in [9.17, 15) is 4.79 Å². The molecule has 1 atom stereocenters. The van der Waals surface area contributed by atoms with E-state index in [-0.39, 0.29) is 17.9 Å². The lowest BCUT2D eigenvalue weighted by Gasteiger charge is -2.28. The number of ether oxygens (including phenoxy) is 1. The van der Waals surface area contributed by atoms with E-state index in [0.29, 0.717) is 36.5 Å². The van der Waals surface area contributed by atoms with Gasteiger partial charge in [-0.1, -0.05) is 24.2 Å². The third-order valence-electron chi connectivity index (χ3n) is 4.13. The first kappa shape index (κ1) is 17.4. The monoisotopic (exact) mass is 349 g/mol. The molecule has 1 aliphatic heterocycles. The molecule has 9 heteroatoms. The predicted octanol–water partition coefficient (Wildman–Crippen LogP) is 2.78. The maximum atomic E-state index is 12.4. The number of hydrogen-bond donors (Lipinski definition) is 2. The van der Waals surface area contributed by atoms with Gasteiger partial charge in [0, 0.05) is 25.2 Å². The van der Waals surface area contributed by atoms with Gasteiger partial charge in [0.25, 0.3) is 0 Å². The average molecular weight is 349 g/mol. The van der Waals surface area contributed by atoms with Crippen molar-refractivity contribution in [3.63, 3.8) is 0 Å². The molecule has 0 saturated carbocycles. The Morgan fingerprint density at radius 2 is 2.00 bits per heavy atom. The van der Waals surface area contributed by atoms with Gasteiger partial charge in [-0.2, -0.15) is 4.98 Å². The maximum Gasteiger partial charge on any atom is 0.321 e. The van der Waals surface area contributed by atoms with Crippen LogP contribution in [0, 0.1) is 12.8 Å². The zero-order chi connectivity index (χ0) is 17.8. The van der Waals surface area contributed by atoms with Crippen molar-refractivity contribution in [3.8, 4) is 0 Å². The van der Waals surface area contributed by atoms with Gasteiger partial charge in [0.1, 0.15) is 11.8 Å². The Bertz CT molecular complexity index is 705. The number of rotatable bonds is 5. The Morgan fingerprint density at radius 3 is 2.60 bits per heavy atom. The van der Waals surface area contributed by atoms with E-state index in [4.69, 9.17) is 13.8 Å². The molecule has 0 aliphatic carbocycles. The highest BCUT2D eigenvalue weighted by molar-refractivity contribution is 5.88. The smallest absolute Gasteiger partial charge is 0.321 e. The first-order valence-electron chi connectivity index (χ1n) is 8.45. The molecule has 1 unspecified atom stereocenters. The molecule has 2 N–H and O–H groups in total. The number of urea groups is 1. The zero-order valence-electron chi connectivity index (χ0n) is 14.6. The highest BCUT2D eigenvalue weighted by atomic mass is 16.5. The number of aromatic nitrogens is 3. The van der Waals surface area contributed by atoms with Crippen LogP contribution in [0.25, 0.3) is 0 Å². The molecule has 2 aromatic rings. The lowest BCUT2D eigenvalue weighted by Crippen LogP contribution is -2.38. The summed E-state index contributed by atoms with van der Waals surface area (Å²) in [4.78, 5) is 16.8. The third-order valence-corrected chi connectivity index (χ3v) is 4.13. The van der Waals surface area contributed by atoms with E-state index in [2.05, 4.69) is 25.9 Å². The lowest BCUT2D eigenvalue weighted by atomic mass is 9.91. The second-order valence-electron chi connectivity index (χ2n) is 6.49. The predicted molar refractivity (Wildman–Crippen MR) is 88.1 cm³/mol. The van der Waals surface area contributed by atoms with Gasteiger partial charge in [-0.15, -0.1) is 0 Å². The largest absolute Gasteiger partial charge is 0.381 e. The fraction of sp³-hybridized carbons (Fsp3) is 0.625. The van der Waals surface area contributed by atoms with Gasteiger partial charge < -0.3 is 19.1 Å².